The highest BCUT2D eigenvalue weighted by atomic mass is 16.5. The molecule has 1 saturated heterocycles. The molecule has 0 aromatic heterocycles. The second kappa shape index (κ2) is 14.6. The zero-order chi connectivity index (χ0) is 20.7. The van der Waals surface area contributed by atoms with Gasteiger partial charge in [-0.15, -0.1) is 0 Å². The average molecular weight is 423 g/mol. The summed E-state index contributed by atoms with van der Waals surface area (Å²) in [6.07, 6.45) is 0. The van der Waals surface area contributed by atoms with Gasteiger partial charge in [0.1, 0.15) is 13.2 Å². The number of hydrogen-bond acceptors (Lipinski definition) is 8. The quantitative estimate of drug-likeness (QED) is 0.579. The van der Waals surface area contributed by atoms with Gasteiger partial charge in [0, 0.05) is 65.4 Å². The van der Waals surface area contributed by atoms with Crippen molar-refractivity contribution >= 4 is 0 Å². The van der Waals surface area contributed by atoms with Gasteiger partial charge < -0.3 is 29.6 Å². The minimum Gasteiger partial charge on any atom is -0.488 e. The monoisotopic (exact) mass is 422 g/mol. The van der Waals surface area contributed by atoms with Crippen LogP contribution in [0.15, 0.2) is 24.3 Å². The maximum Gasteiger partial charge on any atom is 0.161 e. The van der Waals surface area contributed by atoms with Crippen molar-refractivity contribution in [2.75, 3.05) is 105 Å². The van der Waals surface area contributed by atoms with Gasteiger partial charge in [-0.1, -0.05) is 12.1 Å². The molecular formula is C22H38N4O4. The van der Waals surface area contributed by atoms with E-state index in [0.717, 1.165) is 103 Å². The van der Waals surface area contributed by atoms with Crippen LogP contribution >= 0.6 is 0 Å². The van der Waals surface area contributed by atoms with E-state index in [0.29, 0.717) is 13.2 Å². The van der Waals surface area contributed by atoms with Crippen LogP contribution in [0.5, 0.6) is 11.5 Å². The van der Waals surface area contributed by atoms with Gasteiger partial charge in [0.2, 0.25) is 0 Å². The van der Waals surface area contributed by atoms with Gasteiger partial charge in [-0.3, -0.25) is 9.80 Å². The molecule has 2 bridgehead atoms. The smallest absolute Gasteiger partial charge is 0.161 e. The molecule has 0 amide bonds. The first kappa shape index (κ1) is 23.2. The summed E-state index contributed by atoms with van der Waals surface area (Å²) in [5.74, 6) is 1.64. The number of hydrogen-bond donors (Lipinski definition) is 2. The summed E-state index contributed by atoms with van der Waals surface area (Å²) in [6.45, 7) is 13.2. The van der Waals surface area contributed by atoms with Gasteiger partial charge in [0.05, 0.1) is 26.4 Å². The normalized spacial score (nSPS) is 26.5. The number of para-hydroxylation sites is 2. The summed E-state index contributed by atoms with van der Waals surface area (Å²) < 4.78 is 23.8. The minimum absolute atomic E-state index is 0.626. The van der Waals surface area contributed by atoms with Crippen LogP contribution in [0, 0.1) is 0 Å². The van der Waals surface area contributed by atoms with Gasteiger partial charge in [0.25, 0.3) is 0 Å². The summed E-state index contributed by atoms with van der Waals surface area (Å²) >= 11 is 0. The molecule has 30 heavy (non-hydrogen) atoms. The van der Waals surface area contributed by atoms with Crippen LogP contribution in [0.4, 0.5) is 0 Å². The van der Waals surface area contributed by atoms with E-state index in [-0.39, 0.29) is 0 Å². The van der Waals surface area contributed by atoms with Crippen molar-refractivity contribution < 1.29 is 18.9 Å². The lowest BCUT2D eigenvalue weighted by Gasteiger charge is -2.24. The minimum atomic E-state index is 0.626. The predicted octanol–water partition coefficient (Wildman–Crippen LogP) is 0.288. The Labute approximate surface area is 180 Å². The highest BCUT2D eigenvalue weighted by molar-refractivity contribution is 5.39. The molecule has 2 unspecified atom stereocenters. The van der Waals surface area contributed by atoms with E-state index < -0.39 is 0 Å². The molecule has 1 aromatic rings. The Morgan fingerprint density at radius 3 is 1.53 bits per heavy atom. The van der Waals surface area contributed by atoms with Crippen LogP contribution < -0.4 is 20.1 Å². The maximum absolute atomic E-state index is 6.07. The first-order valence-corrected chi connectivity index (χ1v) is 11.3. The van der Waals surface area contributed by atoms with Crippen LogP contribution in [-0.4, -0.2) is 115 Å². The fourth-order valence-electron chi connectivity index (χ4n) is 3.53. The number of rotatable bonds is 0. The molecule has 0 saturated carbocycles. The number of nitrogens with zero attached hydrogens (tertiary/aromatic N) is 2. The molecule has 170 valence electrons. The van der Waals surface area contributed by atoms with E-state index in [2.05, 4.69) is 20.4 Å². The third kappa shape index (κ3) is 9.16. The summed E-state index contributed by atoms with van der Waals surface area (Å²) in [5, 5.41) is 6.93. The van der Waals surface area contributed by atoms with Crippen molar-refractivity contribution in [1.82, 2.24) is 20.4 Å². The summed E-state index contributed by atoms with van der Waals surface area (Å²) in [5.41, 5.74) is 0. The summed E-state index contributed by atoms with van der Waals surface area (Å²) in [7, 11) is 0. The van der Waals surface area contributed by atoms with Gasteiger partial charge in [-0.05, 0) is 12.1 Å². The Kier molecular flexibility index (Phi) is 11.3. The molecular weight excluding hydrogens is 384 g/mol. The van der Waals surface area contributed by atoms with Crippen molar-refractivity contribution in [1.29, 1.82) is 0 Å². The molecule has 8 nitrogen and oxygen atoms in total. The standard InChI is InChI=1S/C22H38N4O4/c1-2-4-22-21(3-1)29-19-13-25-9-5-23-7-15-27-16-8-24-6-10-26(14-20-30-22)12-18-28-17-11-25/h1-4,23-24H,5-20H2. The van der Waals surface area contributed by atoms with E-state index in [1.807, 2.05) is 24.3 Å². The number of nitrogens with one attached hydrogen (secondary N) is 2. The number of benzene rings is 1. The van der Waals surface area contributed by atoms with E-state index in [1.165, 1.54) is 0 Å². The lowest BCUT2D eigenvalue weighted by atomic mass is 10.3. The Morgan fingerprint density at radius 1 is 0.533 bits per heavy atom. The molecule has 2 heterocycles. The molecule has 2 aliphatic rings. The first-order chi connectivity index (χ1) is 14.9. The fraction of sp³-hybridized carbons (Fsp3) is 0.727. The predicted molar refractivity (Wildman–Crippen MR) is 118 cm³/mol. The molecule has 2 N–H and O–H groups in total. The number of fused-ring (bicyclic) bond motifs is 7. The van der Waals surface area contributed by atoms with E-state index >= 15 is 0 Å². The van der Waals surface area contributed by atoms with Gasteiger partial charge in [-0.25, -0.2) is 0 Å². The zero-order valence-corrected chi connectivity index (χ0v) is 18.2. The van der Waals surface area contributed by atoms with Gasteiger partial charge in [-0.2, -0.15) is 0 Å². The van der Waals surface area contributed by atoms with Crippen LogP contribution in [-0.2, 0) is 9.47 Å². The summed E-state index contributed by atoms with van der Waals surface area (Å²) in [6, 6.07) is 7.96. The van der Waals surface area contributed by atoms with Gasteiger partial charge in [0.15, 0.2) is 11.5 Å². The van der Waals surface area contributed by atoms with Crippen molar-refractivity contribution in [3.63, 3.8) is 0 Å². The topological polar surface area (TPSA) is 67.5 Å². The SMILES string of the molecule is c1ccc2c(c1)OCCN1CCNCCOCCNCCN(CCOCC1)CCO2. The Morgan fingerprint density at radius 2 is 1.00 bits per heavy atom. The molecule has 1 aromatic carbocycles. The van der Waals surface area contributed by atoms with Crippen LogP contribution in [0.1, 0.15) is 0 Å². The van der Waals surface area contributed by atoms with Crippen molar-refractivity contribution in [2.24, 2.45) is 0 Å². The first-order valence-electron chi connectivity index (χ1n) is 11.3. The van der Waals surface area contributed by atoms with Crippen LogP contribution in [0.3, 0.4) is 0 Å². The zero-order valence-electron chi connectivity index (χ0n) is 18.2. The lowest BCUT2D eigenvalue weighted by molar-refractivity contribution is 0.0764. The molecule has 8 heteroatoms. The van der Waals surface area contributed by atoms with Gasteiger partial charge >= 0.3 is 0 Å². The van der Waals surface area contributed by atoms with Crippen molar-refractivity contribution in [3.05, 3.63) is 24.3 Å². The fourth-order valence-corrected chi connectivity index (χ4v) is 3.53. The summed E-state index contributed by atoms with van der Waals surface area (Å²) in [4.78, 5) is 4.78. The Hall–Kier alpha value is -1.42. The molecule has 2 atom stereocenters. The highest BCUT2D eigenvalue weighted by Crippen LogP contribution is 2.26. The maximum atomic E-state index is 6.07. The number of ether oxygens (including phenoxy) is 4. The Balaban J connectivity index is 1.65. The lowest BCUT2D eigenvalue weighted by Crippen LogP contribution is -2.39. The third-order valence-electron chi connectivity index (χ3n) is 5.34. The van der Waals surface area contributed by atoms with Crippen LogP contribution in [0.2, 0.25) is 0 Å². The second-order valence-corrected chi connectivity index (χ2v) is 7.55. The molecule has 1 fully saturated rings. The highest BCUT2D eigenvalue weighted by Gasteiger charge is 2.11. The Bertz CT molecular complexity index is 531. The molecule has 0 spiro atoms. The third-order valence-corrected chi connectivity index (χ3v) is 5.34. The second-order valence-electron chi connectivity index (χ2n) is 7.55. The average Bonchev–Trinajstić information content (AvgIpc) is 2.76. The van der Waals surface area contributed by atoms with Crippen LogP contribution in [0.25, 0.3) is 0 Å². The molecule has 3 rings (SSSR count). The van der Waals surface area contributed by atoms with Crippen molar-refractivity contribution in [2.45, 2.75) is 0 Å². The van der Waals surface area contributed by atoms with E-state index in [1.54, 1.807) is 0 Å². The van der Waals surface area contributed by atoms with Crippen molar-refractivity contribution in [3.8, 4) is 11.5 Å². The molecule has 2 aliphatic heterocycles. The molecule has 0 radical (unpaired) electrons. The van der Waals surface area contributed by atoms with E-state index in [9.17, 15) is 0 Å². The largest absolute Gasteiger partial charge is 0.488 e. The van der Waals surface area contributed by atoms with E-state index in [4.69, 9.17) is 18.9 Å². The molecule has 0 aliphatic carbocycles.